The quantitative estimate of drug-likeness (QED) is 0.920. The molecular formula is C18H18F2N2O3. The maximum absolute atomic E-state index is 14.1. The lowest BCUT2D eigenvalue weighted by molar-refractivity contribution is -0.133. The van der Waals surface area contributed by atoms with E-state index in [1.54, 1.807) is 13.0 Å². The third kappa shape index (κ3) is 3.61. The van der Waals surface area contributed by atoms with Gasteiger partial charge in [-0.2, -0.15) is 0 Å². The summed E-state index contributed by atoms with van der Waals surface area (Å²) in [4.78, 5) is 25.9. The molecule has 1 fully saturated rings. The fraction of sp³-hybridized carbons (Fsp3) is 0.333. The minimum absolute atomic E-state index is 0.0140. The average molecular weight is 348 g/mol. The molecule has 3 rings (SSSR count). The number of pyridine rings is 1. The number of β-amino-alcohol motifs (C(OH)–C–C–N with tert-alkyl or cyclic N) is 1. The van der Waals surface area contributed by atoms with Crippen LogP contribution in [0.25, 0.3) is 0 Å². The highest BCUT2D eigenvalue weighted by Crippen LogP contribution is 2.34. The molecule has 0 unspecified atom stereocenters. The van der Waals surface area contributed by atoms with Gasteiger partial charge in [0.1, 0.15) is 18.2 Å². The van der Waals surface area contributed by atoms with Crippen LogP contribution in [0.15, 0.2) is 41.3 Å². The minimum Gasteiger partial charge on any atom is -0.391 e. The minimum atomic E-state index is -0.827. The molecule has 2 aromatic rings. The Hall–Kier alpha value is -2.54. The van der Waals surface area contributed by atoms with Crippen LogP contribution in [0.1, 0.15) is 23.6 Å². The molecule has 2 atom stereocenters. The third-order valence-corrected chi connectivity index (χ3v) is 4.37. The number of benzene rings is 1. The molecule has 0 bridgehead atoms. The van der Waals surface area contributed by atoms with E-state index in [0.717, 1.165) is 23.8 Å². The van der Waals surface area contributed by atoms with Crippen LogP contribution >= 0.6 is 0 Å². The number of hydrogen-bond acceptors (Lipinski definition) is 3. The number of aromatic nitrogens is 1. The van der Waals surface area contributed by atoms with Gasteiger partial charge in [-0.25, -0.2) is 8.78 Å². The number of likely N-dealkylation sites (tertiary alicyclic amines) is 1. The molecule has 25 heavy (non-hydrogen) atoms. The Balaban J connectivity index is 1.87. The Bertz CT molecular complexity index is 866. The molecule has 2 heterocycles. The lowest BCUT2D eigenvalue weighted by atomic mass is 10.0. The first-order valence-corrected chi connectivity index (χ1v) is 7.94. The molecule has 1 aromatic heterocycles. The maximum Gasteiger partial charge on any atom is 0.251 e. The number of amides is 1. The fourth-order valence-corrected chi connectivity index (χ4v) is 3.13. The average Bonchev–Trinajstić information content (AvgIpc) is 2.94. The van der Waals surface area contributed by atoms with Crippen LogP contribution in [0.3, 0.4) is 0 Å². The zero-order chi connectivity index (χ0) is 18.1. The highest BCUT2D eigenvalue weighted by molar-refractivity contribution is 5.77. The van der Waals surface area contributed by atoms with E-state index < -0.39 is 29.7 Å². The Morgan fingerprint density at radius 2 is 2.04 bits per heavy atom. The van der Waals surface area contributed by atoms with E-state index in [2.05, 4.69) is 0 Å². The van der Waals surface area contributed by atoms with Crippen molar-refractivity contribution in [2.75, 3.05) is 6.54 Å². The Morgan fingerprint density at radius 3 is 2.76 bits per heavy atom. The van der Waals surface area contributed by atoms with Crippen molar-refractivity contribution >= 4 is 5.91 Å². The van der Waals surface area contributed by atoms with Gasteiger partial charge in [0.15, 0.2) is 0 Å². The normalized spacial score (nSPS) is 20.1. The first-order chi connectivity index (χ1) is 11.8. The predicted molar refractivity (Wildman–Crippen MR) is 86.9 cm³/mol. The Morgan fingerprint density at radius 1 is 1.28 bits per heavy atom. The van der Waals surface area contributed by atoms with Gasteiger partial charge in [0.25, 0.3) is 5.56 Å². The monoisotopic (exact) mass is 348 g/mol. The second-order valence-electron chi connectivity index (χ2n) is 6.29. The molecule has 7 heteroatoms. The molecule has 0 aliphatic carbocycles. The van der Waals surface area contributed by atoms with E-state index in [0.29, 0.717) is 0 Å². The van der Waals surface area contributed by atoms with Crippen molar-refractivity contribution < 1.29 is 18.7 Å². The Kier molecular flexibility index (Phi) is 4.67. The van der Waals surface area contributed by atoms with Gasteiger partial charge in [-0.05, 0) is 43.2 Å². The van der Waals surface area contributed by atoms with Crippen molar-refractivity contribution in [1.29, 1.82) is 0 Å². The molecular weight excluding hydrogens is 330 g/mol. The van der Waals surface area contributed by atoms with E-state index in [1.807, 2.05) is 0 Å². The molecule has 1 N–H and O–H groups in total. The number of aliphatic hydroxyl groups excluding tert-OH is 1. The van der Waals surface area contributed by atoms with Crippen LogP contribution in [0.5, 0.6) is 0 Å². The smallest absolute Gasteiger partial charge is 0.251 e. The summed E-state index contributed by atoms with van der Waals surface area (Å²) in [5, 5.41) is 9.92. The van der Waals surface area contributed by atoms with Crippen LogP contribution in [-0.2, 0) is 11.3 Å². The number of carbonyl (C=O) groups is 1. The number of carbonyl (C=O) groups excluding carboxylic acids is 1. The second kappa shape index (κ2) is 6.76. The summed E-state index contributed by atoms with van der Waals surface area (Å²) in [6.07, 6.45) is 0.806. The molecule has 5 nitrogen and oxygen atoms in total. The number of hydrogen-bond donors (Lipinski definition) is 1. The number of rotatable bonds is 3. The third-order valence-electron chi connectivity index (χ3n) is 4.37. The molecule has 0 saturated carbocycles. The first-order valence-electron chi connectivity index (χ1n) is 7.94. The van der Waals surface area contributed by atoms with Crippen LogP contribution in [0, 0.1) is 18.6 Å². The molecule has 0 spiro atoms. The van der Waals surface area contributed by atoms with Gasteiger partial charge < -0.3 is 14.6 Å². The second-order valence-corrected chi connectivity index (χ2v) is 6.29. The molecule has 0 radical (unpaired) electrons. The van der Waals surface area contributed by atoms with Crippen LogP contribution in [-0.4, -0.2) is 33.1 Å². The van der Waals surface area contributed by atoms with Crippen molar-refractivity contribution in [1.82, 2.24) is 9.47 Å². The molecule has 1 aromatic carbocycles. The van der Waals surface area contributed by atoms with Crippen molar-refractivity contribution in [2.24, 2.45) is 0 Å². The largest absolute Gasteiger partial charge is 0.391 e. The van der Waals surface area contributed by atoms with Gasteiger partial charge >= 0.3 is 0 Å². The van der Waals surface area contributed by atoms with Crippen molar-refractivity contribution in [3.63, 3.8) is 0 Å². The van der Waals surface area contributed by atoms with Gasteiger partial charge in [0, 0.05) is 24.4 Å². The summed E-state index contributed by atoms with van der Waals surface area (Å²) in [5.74, 6) is -1.68. The van der Waals surface area contributed by atoms with Crippen LogP contribution in [0.4, 0.5) is 8.78 Å². The topological polar surface area (TPSA) is 62.5 Å². The van der Waals surface area contributed by atoms with Gasteiger partial charge in [0.05, 0.1) is 12.1 Å². The predicted octanol–water partition coefficient (Wildman–Crippen LogP) is 1.77. The zero-order valence-electron chi connectivity index (χ0n) is 13.7. The standard InChI is InChI=1S/C18H18F2N2O3/c1-11-4-5-21(17(24)6-11)10-18(25)22-9-13(23)8-16(22)14-7-12(19)2-3-15(14)20/h2-7,13,16,23H,8-10H2,1H3/t13-,16+/m1/s1. The van der Waals surface area contributed by atoms with E-state index >= 15 is 0 Å². The van der Waals surface area contributed by atoms with Crippen LogP contribution in [0.2, 0.25) is 0 Å². The summed E-state index contributed by atoms with van der Waals surface area (Å²) >= 11 is 0. The Labute approximate surface area is 143 Å². The number of halogens is 2. The SMILES string of the molecule is Cc1ccn(CC(=O)N2C[C@H](O)C[C@H]2c2cc(F)ccc2F)c(=O)c1. The highest BCUT2D eigenvalue weighted by atomic mass is 19.1. The maximum atomic E-state index is 14.1. The van der Waals surface area contributed by atoms with Gasteiger partial charge in [-0.1, -0.05) is 0 Å². The van der Waals surface area contributed by atoms with E-state index in [9.17, 15) is 23.5 Å². The molecule has 1 amide bonds. The molecule has 132 valence electrons. The van der Waals surface area contributed by atoms with E-state index in [1.165, 1.54) is 21.7 Å². The highest BCUT2D eigenvalue weighted by Gasteiger charge is 2.36. The number of aliphatic hydroxyl groups is 1. The fourth-order valence-electron chi connectivity index (χ4n) is 3.13. The summed E-state index contributed by atoms with van der Waals surface area (Å²) in [6.45, 7) is 1.56. The molecule has 1 aliphatic heterocycles. The zero-order valence-corrected chi connectivity index (χ0v) is 13.7. The summed E-state index contributed by atoms with van der Waals surface area (Å²) in [5.41, 5.74) is 0.493. The van der Waals surface area contributed by atoms with Crippen molar-refractivity contribution in [3.8, 4) is 0 Å². The molecule has 1 saturated heterocycles. The number of nitrogens with zero attached hydrogens (tertiary/aromatic N) is 2. The van der Waals surface area contributed by atoms with E-state index in [4.69, 9.17) is 0 Å². The van der Waals surface area contributed by atoms with E-state index in [-0.39, 0.29) is 30.6 Å². The van der Waals surface area contributed by atoms with Crippen molar-refractivity contribution in [3.05, 3.63) is 69.6 Å². The van der Waals surface area contributed by atoms with Crippen LogP contribution < -0.4 is 5.56 Å². The lowest BCUT2D eigenvalue weighted by Gasteiger charge is -2.25. The van der Waals surface area contributed by atoms with Gasteiger partial charge in [-0.3, -0.25) is 9.59 Å². The van der Waals surface area contributed by atoms with Crippen molar-refractivity contribution in [2.45, 2.75) is 32.0 Å². The van der Waals surface area contributed by atoms with Gasteiger partial charge in [0.2, 0.25) is 5.91 Å². The first kappa shape index (κ1) is 17.3. The molecule has 1 aliphatic rings. The lowest BCUT2D eigenvalue weighted by Crippen LogP contribution is -2.37. The number of aryl methyl sites for hydroxylation is 1. The van der Waals surface area contributed by atoms with Gasteiger partial charge in [-0.15, -0.1) is 0 Å². The summed E-state index contributed by atoms with van der Waals surface area (Å²) in [7, 11) is 0. The summed E-state index contributed by atoms with van der Waals surface area (Å²) < 4.78 is 28.8. The summed E-state index contributed by atoms with van der Waals surface area (Å²) in [6, 6.07) is 5.40.